The number of hydrogen-bond acceptors (Lipinski definition) is 5. The summed E-state index contributed by atoms with van der Waals surface area (Å²) in [6, 6.07) is 16.4. The Bertz CT molecular complexity index is 1230. The predicted molar refractivity (Wildman–Crippen MR) is 131 cm³/mol. The van der Waals surface area contributed by atoms with Gasteiger partial charge in [-0.1, -0.05) is 54.6 Å². The highest BCUT2D eigenvalue weighted by molar-refractivity contribution is 5.97. The third-order valence-electron chi connectivity index (χ3n) is 5.86. The van der Waals surface area contributed by atoms with Crippen LogP contribution in [-0.2, 0) is 9.53 Å². The molecule has 35 heavy (non-hydrogen) atoms. The fourth-order valence-electron chi connectivity index (χ4n) is 4.19. The van der Waals surface area contributed by atoms with Crippen molar-refractivity contribution in [3.63, 3.8) is 0 Å². The van der Waals surface area contributed by atoms with Crippen LogP contribution in [0.5, 0.6) is 0 Å². The highest BCUT2D eigenvalue weighted by atomic mass is 16.5. The van der Waals surface area contributed by atoms with Gasteiger partial charge in [0.25, 0.3) is 0 Å². The average Bonchev–Trinajstić information content (AvgIpc) is 3.19. The fourth-order valence-corrected chi connectivity index (χ4v) is 4.19. The van der Waals surface area contributed by atoms with Gasteiger partial charge in [-0.15, -0.1) is 6.58 Å². The Hall–Kier alpha value is -4.46. The summed E-state index contributed by atoms with van der Waals surface area (Å²) in [5, 5.41) is 14.4. The first-order valence-corrected chi connectivity index (χ1v) is 11.2. The zero-order chi connectivity index (χ0) is 24.8. The van der Waals surface area contributed by atoms with Crippen LogP contribution in [0.25, 0.3) is 11.1 Å². The molecule has 0 radical (unpaired) electrons. The number of rotatable bonds is 9. The smallest absolute Gasteiger partial charge is 0.407 e. The molecule has 1 aliphatic rings. The van der Waals surface area contributed by atoms with E-state index in [1.54, 1.807) is 6.08 Å². The number of hydrogen-bond donors (Lipinski definition) is 3. The van der Waals surface area contributed by atoms with Crippen LogP contribution in [-0.4, -0.2) is 40.7 Å². The number of carboxylic acid groups (broad SMARTS) is 1. The van der Waals surface area contributed by atoms with Crippen molar-refractivity contribution in [3.8, 4) is 11.1 Å². The molecule has 2 amide bonds. The molecule has 2 aromatic carbocycles. The molecule has 1 unspecified atom stereocenters. The second-order valence-corrected chi connectivity index (χ2v) is 8.15. The Morgan fingerprint density at radius 2 is 1.71 bits per heavy atom. The molecule has 8 nitrogen and oxygen atoms in total. The van der Waals surface area contributed by atoms with Crippen LogP contribution in [0.1, 0.15) is 40.2 Å². The first kappa shape index (κ1) is 23.7. The van der Waals surface area contributed by atoms with Gasteiger partial charge >= 0.3 is 12.1 Å². The molecular formula is C27H25N3O5. The summed E-state index contributed by atoms with van der Waals surface area (Å²) in [5.41, 5.74) is 4.58. The predicted octanol–water partition coefficient (Wildman–Crippen LogP) is 4.59. The number of alkyl carbamates (subject to hydrolysis) is 1. The molecule has 0 aliphatic heterocycles. The quantitative estimate of drug-likeness (QED) is 0.393. The third-order valence-corrected chi connectivity index (χ3v) is 5.86. The molecule has 0 fully saturated rings. The molecule has 8 heteroatoms. The molecule has 1 aromatic heterocycles. The van der Waals surface area contributed by atoms with Gasteiger partial charge in [0, 0.05) is 12.1 Å². The van der Waals surface area contributed by atoms with Crippen molar-refractivity contribution in [2.75, 3.05) is 11.9 Å². The van der Waals surface area contributed by atoms with Crippen molar-refractivity contribution in [2.45, 2.75) is 24.8 Å². The second kappa shape index (κ2) is 10.6. The SMILES string of the molecule is C=CCCC(NC(=O)OCC1c2ccccc2-c2ccccc21)C(=O)Nc1cncc(C(=O)O)c1. The Morgan fingerprint density at radius 1 is 1.06 bits per heavy atom. The summed E-state index contributed by atoms with van der Waals surface area (Å²) < 4.78 is 5.56. The molecule has 0 saturated carbocycles. The Labute approximate surface area is 202 Å². The highest BCUT2D eigenvalue weighted by Crippen LogP contribution is 2.44. The summed E-state index contributed by atoms with van der Waals surface area (Å²) in [4.78, 5) is 40.5. The van der Waals surface area contributed by atoms with E-state index in [0.717, 1.165) is 22.3 Å². The number of carbonyl (C=O) groups is 3. The number of allylic oxidation sites excluding steroid dienone is 1. The number of fused-ring (bicyclic) bond motifs is 3. The monoisotopic (exact) mass is 471 g/mol. The Balaban J connectivity index is 1.42. The maximum Gasteiger partial charge on any atom is 0.407 e. The van der Waals surface area contributed by atoms with Crippen molar-refractivity contribution < 1.29 is 24.2 Å². The largest absolute Gasteiger partial charge is 0.478 e. The van der Waals surface area contributed by atoms with Crippen molar-refractivity contribution in [1.29, 1.82) is 0 Å². The number of carbonyl (C=O) groups excluding carboxylic acids is 2. The molecule has 178 valence electrons. The summed E-state index contributed by atoms with van der Waals surface area (Å²) in [6.07, 6.45) is 4.23. The molecule has 1 atom stereocenters. The summed E-state index contributed by atoms with van der Waals surface area (Å²) in [5.74, 6) is -1.77. The highest BCUT2D eigenvalue weighted by Gasteiger charge is 2.29. The summed E-state index contributed by atoms with van der Waals surface area (Å²) in [7, 11) is 0. The first-order chi connectivity index (χ1) is 17.0. The van der Waals surface area contributed by atoms with Gasteiger partial charge in [0.15, 0.2) is 0 Å². The molecular weight excluding hydrogens is 446 g/mol. The van der Waals surface area contributed by atoms with Gasteiger partial charge in [-0.25, -0.2) is 9.59 Å². The lowest BCUT2D eigenvalue weighted by molar-refractivity contribution is -0.118. The lowest BCUT2D eigenvalue weighted by Gasteiger charge is -2.19. The van der Waals surface area contributed by atoms with E-state index in [1.165, 1.54) is 18.5 Å². The minimum atomic E-state index is -1.16. The Morgan fingerprint density at radius 3 is 2.34 bits per heavy atom. The van der Waals surface area contributed by atoms with Crippen molar-refractivity contribution in [3.05, 3.63) is 96.3 Å². The van der Waals surface area contributed by atoms with E-state index in [-0.39, 0.29) is 23.8 Å². The third kappa shape index (κ3) is 5.38. The molecule has 0 spiro atoms. The van der Waals surface area contributed by atoms with E-state index in [0.29, 0.717) is 12.8 Å². The number of anilines is 1. The van der Waals surface area contributed by atoms with Crippen LogP contribution in [0.4, 0.5) is 10.5 Å². The maximum absolute atomic E-state index is 12.8. The van der Waals surface area contributed by atoms with E-state index < -0.39 is 24.0 Å². The zero-order valence-electron chi connectivity index (χ0n) is 18.9. The van der Waals surface area contributed by atoms with E-state index >= 15 is 0 Å². The number of aromatic nitrogens is 1. The Kier molecular flexibility index (Phi) is 7.21. The lowest BCUT2D eigenvalue weighted by atomic mass is 9.98. The van der Waals surface area contributed by atoms with Crippen LogP contribution >= 0.6 is 0 Å². The number of nitrogens with one attached hydrogen (secondary N) is 2. The van der Waals surface area contributed by atoms with Gasteiger partial charge in [0.2, 0.25) is 5.91 Å². The van der Waals surface area contributed by atoms with Crippen molar-refractivity contribution >= 4 is 23.7 Å². The number of carboxylic acids is 1. The van der Waals surface area contributed by atoms with Gasteiger partial charge in [-0.05, 0) is 41.2 Å². The number of ether oxygens (including phenoxy) is 1. The summed E-state index contributed by atoms with van der Waals surface area (Å²) in [6.45, 7) is 3.79. The van der Waals surface area contributed by atoms with Crippen LogP contribution < -0.4 is 10.6 Å². The number of pyridine rings is 1. The van der Waals surface area contributed by atoms with E-state index in [1.807, 2.05) is 36.4 Å². The molecule has 1 heterocycles. The fraction of sp³-hybridized carbons (Fsp3) is 0.185. The minimum Gasteiger partial charge on any atom is -0.478 e. The normalized spacial score (nSPS) is 12.7. The molecule has 0 saturated heterocycles. The van der Waals surface area contributed by atoms with E-state index in [2.05, 4.69) is 34.3 Å². The lowest BCUT2D eigenvalue weighted by Crippen LogP contribution is -2.44. The van der Waals surface area contributed by atoms with E-state index in [4.69, 9.17) is 9.84 Å². The van der Waals surface area contributed by atoms with Gasteiger partial charge in [-0.3, -0.25) is 9.78 Å². The van der Waals surface area contributed by atoms with Gasteiger partial charge in [-0.2, -0.15) is 0 Å². The van der Waals surface area contributed by atoms with Gasteiger partial charge < -0.3 is 20.5 Å². The van der Waals surface area contributed by atoms with Gasteiger partial charge in [0.1, 0.15) is 12.6 Å². The summed E-state index contributed by atoms with van der Waals surface area (Å²) >= 11 is 0. The zero-order valence-corrected chi connectivity index (χ0v) is 18.9. The van der Waals surface area contributed by atoms with E-state index in [9.17, 15) is 14.4 Å². The number of benzene rings is 2. The van der Waals surface area contributed by atoms with Crippen LogP contribution in [0.15, 0.2) is 79.6 Å². The first-order valence-electron chi connectivity index (χ1n) is 11.2. The average molecular weight is 472 g/mol. The van der Waals surface area contributed by atoms with Gasteiger partial charge in [0.05, 0.1) is 17.4 Å². The minimum absolute atomic E-state index is 0.0602. The second-order valence-electron chi connectivity index (χ2n) is 8.15. The standard InChI is InChI=1S/C27H25N3O5/c1-2-3-12-24(25(31)29-18-13-17(26(32)33)14-28-15-18)30-27(34)35-16-23-21-10-6-4-8-19(21)20-9-5-7-11-22(20)23/h2,4-11,13-15,23-24H,1,3,12,16H2,(H,29,31)(H,30,34)(H,32,33). The molecule has 3 aromatic rings. The molecule has 0 bridgehead atoms. The van der Waals surface area contributed by atoms with Crippen LogP contribution in [0.2, 0.25) is 0 Å². The number of amides is 2. The number of nitrogens with zero attached hydrogens (tertiary/aromatic N) is 1. The molecule has 3 N–H and O–H groups in total. The van der Waals surface area contributed by atoms with Crippen LogP contribution in [0, 0.1) is 0 Å². The molecule has 1 aliphatic carbocycles. The molecule has 4 rings (SSSR count). The topological polar surface area (TPSA) is 118 Å². The maximum atomic E-state index is 12.8. The number of aromatic carboxylic acids is 1. The van der Waals surface area contributed by atoms with Crippen molar-refractivity contribution in [1.82, 2.24) is 10.3 Å². The van der Waals surface area contributed by atoms with Crippen LogP contribution in [0.3, 0.4) is 0 Å². The van der Waals surface area contributed by atoms with Crippen molar-refractivity contribution in [2.24, 2.45) is 0 Å².